The summed E-state index contributed by atoms with van der Waals surface area (Å²) >= 11 is 0. The van der Waals surface area contributed by atoms with Gasteiger partial charge in [0.05, 0.1) is 23.6 Å². The number of para-hydroxylation sites is 3. The lowest BCUT2D eigenvalue weighted by Gasteiger charge is -2.37. The largest absolute Gasteiger partial charge is 0.341 e. The number of fused-ring (bicyclic) bond motifs is 1. The van der Waals surface area contributed by atoms with E-state index < -0.39 is 0 Å². The molecule has 0 saturated carbocycles. The fourth-order valence-electron chi connectivity index (χ4n) is 4.12. The fourth-order valence-corrected chi connectivity index (χ4v) is 4.12. The van der Waals surface area contributed by atoms with Crippen molar-refractivity contribution >= 4 is 22.6 Å². The number of nitrogens with one attached hydrogen (secondary N) is 2. The van der Waals surface area contributed by atoms with Crippen molar-refractivity contribution in [2.45, 2.75) is 39.3 Å². The van der Waals surface area contributed by atoms with E-state index in [0.29, 0.717) is 5.92 Å². The first-order valence-electron chi connectivity index (χ1n) is 10.8. The second kappa shape index (κ2) is 8.98. The summed E-state index contributed by atoms with van der Waals surface area (Å²) in [5, 5.41) is 3.15. The van der Waals surface area contributed by atoms with E-state index in [2.05, 4.69) is 51.1 Å². The Hall–Kier alpha value is -2.70. The standard InChI is InChI=1S/C24H31N5O/c1-17(2)19-8-4-5-9-20(19)27-24(30)18(3)29-14-12-28(13-15-29)16-23-25-21-10-6-7-11-22(21)26-23/h4-11,17-18H,12-16H2,1-3H3,(H,25,26)(H,27,30)/t18-/m1/s1. The van der Waals surface area contributed by atoms with E-state index in [1.54, 1.807) is 0 Å². The van der Waals surface area contributed by atoms with Gasteiger partial charge in [-0.25, -0.2) is 4.98 Å². The van der Waals surface area contributed by atoms with Crippen molar-refractivity contribution in [2.24, 2.45) is 0 Å². The number of H-pyrrole nitrogens is 1. The Labute approximate surface area is 178 Å². The highest BCUT2D eigenvalue weighted by Crippen LogP contribution is 2.24. The second-order valence-corrected chi connectivity index (χ2v) is 8.42. The number of aromatic nitrogens is 2. The molecule has 0 bridgehead atoms. The number of benzene rings is 2. The first-order valence-corrected chi connectivity index (χ1v) is 10.8. The molecular weight excluding hydrogens is 374 g/mol. The number of anilines is 1. The van der Waals surface area contributed by atoms with Gasteiger partial charge in [-0.2, -0.15) is 0 Å². The summed E-state index contributed by atoms with van der Waals surface area (Å²) in [6.45, 7) is 10.7. The molecule has 1 aromatic heterocycles. The maximum Gasteiger partial charge on any atom is 0.241 e. The number of carbonyl (C=O) groups is 1. The second-order valence-electron chi connectivity index (χ2n) is 8.42. The Balaban J connectivity index is 1.31. The lowest BCUT2D eigenvalue weighted by atomic mass is 10.0. The molecule has 2 heterocycles. The zero-order chi connectivity index (χ0) is 21.1. The predicted molar refractivity (Wildman–Crippen MR) is 122 cm³/mol. The van der Waals surface area contributed by atoms with Crippen molar-refractivity contribution in [2.75, 3.05) is 31.5 Å². The van der Waals surface area contributed by atoms with Gasteiger partial charge in [0.2, 0.25) is 5.91 Å². The Morgan fingerprint density at radius 1 is 1.03 bits per heavy atom. The molecule has 1 aliphatic rings. The monoisotopic (exact) mass is 405 g/mol. The molecule has 30 heavy (non-hydrogen) atoms. The minimum absolute atomic E-state index is 0.0637. The van der Waals surface area contributed by atoms with Crippen molar-refractivity contribution in [3.63, 3.8) is 0 Å². The molecule has 1 atom stereocenters. The van der Waals surface area contributed by atoms with Gasteiger partial charge in [-0.3, -0.25) is 14.6 Å². The average molecular weight is 406 g/mol. The van der Waals surface area contributed by atoms with Crippen molar-refractivity contribution < 1.29 is 4.79 Å². The molecule has 1 saturated heterocycles. The van der Waals surface area contributed by atoms with Crippen LogP contribution in [0.4, 0.5) is 5.69 Å². The SMILES string of the molecule is CC(C)c1ccccc1NC(=O)[C@@H](C)N1CCN(Cc2nc3ccccc3[nH]2)CC1. The van der Waals surface area contributed by atoms with Crippen molar-refractivity contribution in [3.05, 3.63) is 59.9 Å². The van der Waals surface area contributed by atoms with Crippen LogP contribution in [0.25, 0.3) is 11.0 Å². The van der Waals surface area contributed by atoms with Crippen LogP contribution in [0.2, 0.25) is 0 Å². The van der Waals surface area contributed by atoms with Gasteiger partial charge in [-0.05, 0) is 36.6 Å². The van der Waals surface area contributed by atoms with Crippen LogP contribution in [0.3, 0.4) is 0 Å². The average Bonchev–Trinajstić information content (AvgIpc) is 3.16. The molecule has 4 rings (SSSR count). The quantitative estimate of drug-likeness (QED) is 0.654. The molecule has 3 aromatic rings. The smallest absolute Gasteiger partial charge is 0.241 e. The van der Waals surface area contributed by atoms with Crippen LogP contribution in [0.5, 0.6) is 0 Å². The van der Waals surface area contributed by atoms with Crippen LogP contribution in [-0.4, -0.2) is 57.9 Å². The van der Waals surface area contributed by atoms with Crippen molar-refractivity contribution in [1.82, 2.24) is 19.8 Å². The summed E-state index contributed by atoms with van der Waals surface area (Å²) < 4.78 is 0. The van der Waals surface area contributed by atoms with E-state index >= 15 is 0 Å². The number of imidazole rings is 1. The normalized spacial score (nSPS) is 16.8. The van der Waals surface area contributed by atoms with Gasteiger partial charge in [0.25, 0.3) is 0 Å². The number of hydrogen-bond donors (Lipinski definition) is 2. The van der Waals surface area contributed by atoms with Gasteiger partial charge in [-0.1, -0.05) is 44.2 Å². The molecule has 1 amide bonds. The third kappa shape index (κ3) is 4.55. The van der Waals surface area contributed by atoms with Crippen LogP contribution >= 0.6 is 0 Å². The van der Waals surface area contributed by atoms with Gasteiger partial charge < -0.3 is 10.3 Å². The lowest BCUT2D eigenvalue weighted by Crippen LogP contribution is -2.52. The summed E-state index contributed by atoms with van der Waals surface area (Å²) in [4.78, 5) is 25.6. The number of piperazine rings is 1. The number of nitrogens with zero attached hydrogens (tertiary/aromatic N) is 3. The molecule has 6 heteroatoms. The number of amides is 1. The molecule has 1 aliphatic heterocycles. The van der Waals surface area contributed by atoms with Gasteiger partial charge in [0.15, 0.2) is 0 Å². The predicted octanol–water partition coefficient (Wildman–Crippen LogP) is 3.83. The molecule has 6 nitrogen and oxygen atoms in total. The zero-order valence-electron chi connectivity index (χ0n) is 18.1. The highest BCUT2D eigenvalue weighted by molar-refractivity contribution is 5.95. The van der Waals surface area contributed by atoms with Crippen molar-refractivity contribution in [1.29, 1.82) is 0 Å². The lowest BCUT2D eigenvalue weighted by molar-refractivity contribution is -0.121. The Kier molecular flexibility index (Phi) is 6.16. The Morgan fingerprint density at radius 2 is 1.73 bits per heavy atom. The molecule has 2 aromatic carbocycles. The highest BCUT2D eigenvalue weighted by atomic mass is 16.2. The molecule has 0 spiro atoms. The zero-order valence-corrected chi connectivity index (χ0v) is 18.1. The topological polar surface area (TPSA) is 64.3 Å². The van der Waals surface area contributed by atoms with E-state index in [1.165, 1.54) is 5.56 Å². The molecule has 1 fully saturated rings. The molecule has 0 radical (unpaired) electrons. The minimum atomic E-state index is -0.154. The van der Waals surface area contributed by atoms with Crippen LogP contribution in [0.15, 0.2) is 48.5 Å². The molecular formula is C24H31N5O. The number of rotatable bonds is 6. The van der Waals surface area contributed by atoms with E-state index in [1.807, 2.05) is 43.3 Å². The molecule has 0 aliphatic carbocycles. The Morgan fingerprint density at radius 3 is 2.47 bits per heavy atom. The van der Waals surface area contributed by atoms with Gasteiger partial charge in [0.1, 0.15) is 5.82 Å². The fraction of sp³-hybridized carbons (Fsp3) is 0.417. The van der Waals surface area contributed by atoms with Crippen molar-refractivity contribution in [3.8, 4) is 0 Å². The summed E-state index contributed by atoms with van der Waals surface area (Å²) in [6.07, 6.45) is 0. The number of aromatic amines is 1. The molecule has 2 N–H and O–H groups in total. The first kappa shape index (κ1) is 20.6. The Bertz CT molecular complexity index is 971. The van der Waals surface area contributed by atoms with E-state index in [4.69, 9.17) is 0 Å². The summed E-state index contributed by atoms with van der Waals surface area (Å²) in [6, 6.07) is 16.0. The van der Waals surface area contributed by atoms with Crippen LogP contribution in [0.1, 0.15) is 38.1 Å². The van der Waals surface area contributed by atoms with Crippen LogP contribution in [0, 0.1) is 0 Å². The number of carbonyl (C=O) groups excluding carboxylic acids is 1. The van der Waals surface area contributed by atoms with Crippen LogP contribution in [-0.2, 0) is 11.3 Å². The first-order chi connectivity index (χ1) is 14.5. The number of hydrogen-bond acceptors (Lipinski definition) is 4. The van der Waals surface area contributed by atoms with E-state index in [9.17, 15) is 4.79 Å². The molecule has 0 unspecified atom stereocenters. The van der Waals surface area contributed by atoms with Gasteiger partial charge in [0, 0.05) is 31.9 Å². The minimum Gasteiger partial charge on any atom is -0.341 e. The maximum absolute atomic E-state index is 12.9. The van der Waals surface area contributed by atoms with Crippen LogP contribution < -0.4 is 5.32 Å². The van der Waals surface area contributed by atoms with Gasteiger partial charge >= 0.3 is 0 Å². The summed E-state index contributed by atoms with van der Waals surface area (Å²) in [7, 11) is 0. The summed E-state index contributed by atoms with van der Waals surface area (Å²) in [5.41, 5.74) is 4.19. The van der Waals surface area contributed by atoms with Gasteiger partial charge in [-0.15, -0.1) is 0 Å². The van der Waals surface area contributed by atoms with E-state index in [-0.39, 0.29) is 11.9 Å². The highest BCUT2D eigenvalue weighted by Gasteiger charge is 2.26. The third-order valence-corrected chi connectivity index (χ3v) is 5.99. The summed E-state index contributed by atoms with van der Waals surface area (Å²) in [5.74, 6) is 1.44. The van der Waals surface area contributed by atoms with E-state index in [0.717, 1.165) is 55.3 Å². The third-order valence-electron chi connectivity index (χ3n) is 5.99. The molecule has 158 valence electrons. The maximum atomic E-state index is 12.9.